The molecule has 6 nitrogen and oxygen atoms in total. The number of methoxy groups -OCH3 is 2. The Morgan fingerprint density at radius 1 is 0.844 bits per heavy atom. The normalized spacial score (nSPS) is 16.8. The Balaban J connectivity index is 1.53. The number of hydrogen-bond acceptors (Lipinski definition) is 5. The maximum atomic E-state index is 12.6. The van der Waals surface area contributed by atoms with Gasteiger partial charge in [0, 0.05) is 23.2 Å². The molecule has 1 N–H and O–H groups in total. The summed E-state index contributed by atoms with van der Waals surface area (Å²) in [5, 5.41) is 2.86. The van der Waals surface area contributed by atoms with Gasteiger partial charge in [-0.3, -0.25) is 9.59 Å². The number of nitrogens with zero attached hydrogens (tertiary/aromatic N) is 1. The van der Waals surface area contributed by atoms with Crippen molar-refractivity contribution in [1.82, 2.24) is 4.98 Å². The molecule has 2 aromatic carbocycles. The van der Waals surface area contributed by atoms with E-state index < -0.39 is 0 Å². The number of allylic oxidation sites excluding steroid dienone is 1. The Kier molecular flexibility index (Phi) is 4.82. The molecule has 6 heteroatoms. The standard InChI is InChI=1S/C26H20N2O4/c1-31-18-7-6-15-10-25(29)22(20(15)13-18)11-16-4-3-5-17(27-16)12-23-21-14-19(32-2)8-9-24(21)28-26(23)30/h3-9,11-14H,10H2,1-2H3,(H,28,30)/b22-11+,23-12+. The van der Waals surface area contributed by atoms with Crippen molar-refractivity contribution >= 4 is 40.7 Å². The van der Waals surface area contributed by atoms with Gasteiger partial charge in [-0.15, -0.1) is 0 Å². The molecule has 0 radical (unpaired) electrons. The molecule has 0 bridgehead atoms. The van der Waals surface area contributed by atoms with E-state index in [1.54, 1.807) is 32.4 Å². The monoisotopic (exact) mass is 424 g/mol. The number of hydrogen-bond donors (Lipinski definition) is 1. The number of rotatable bonds is 4. The molecule has 0 saturated carbocycles. The Bertz CT molecular complexity index is 1240. The van der Waals surface area contributed by atoms with Gasteiger partial charge in [-0.25, -0.2) is 4.98 Å². The minimum atomic E-state index is -0.189. The molecule has 3 aromatic rings. The number of nitrogens with one attached hydrogen (secondary N) is 1. The van der Waals surface area contributed by atoms with Crippen LogP contribution in [0.15, 0.2) is 54.6 Å². The van der Waals surface area contributed by atoms with Crippen molar-refractivity contribution in [1.29, 1.82) is 0 Å². The topological polar surface area (TPSA) is 77.5 Å². The second-order valence-corrected chi connectivity index (χ2v) is 7.59. The van der Waals surface area contributed by atoms with E-state index in [0.29, 0.717) is 40.5 Å². The number of benzene rings is 2. The third kappa shape index (κ3) is 3.46. The molecule has 5 rings (SSSR count). The first-order valence-corrected chi connectivity index (χ1v) is 10.2. The van der Waals surface area contributed by atoms with Crippen LogP contribution in [0, 0.1) is 0 Å². The van der Waals surface area contributed by atoms with Gasteiger partial charge in [-0.2, -0.15) is 0 Å². The Labute approximate surface area is 185 Å². The summed E-state index contributed by atoms with van der Waals surface area (Å²) in [6, 6.07) is 16.6. The van der Waals surface area contributed by atoms with Crippen molar-refractivity contribution in [2.24, 2.45) is 0 Å². The van der Waals surface area contributed by atoms with Gasteiger partial charge >= 0.3 is 0 Å². The average Bonchev–Trinajstić information content (AvgIpc) is 3.28. The zero-order valence-corrected chi connectivity index (χ0v) is 17.6. The van der Waals surface area contributed by atoms with Crippen molar-refractivity contribution < 1.29 is 19.1 Å². The lowest BCUT2D eigenvalue weighted by atomic mass is 10.0. The van der Waals surface area contributed by atoms with Crippen molar-refractivity contribution in [3.05, 3.63) is 82.7 Å². The zero-order chi connectivity index (χ0) is 22.2. The lowest BCUT2D eigenvalue weighted by Gasteiger charge is -2.05. The summed E-state index contributed by atoms with van der Waals surface area (Å²) in [6.45, 7) is 0. The second kappa shape index (κ2) is 7.81. The van der Waals surface area contributed by atoms with Gasteiger partial charge < -0.3 is 14.8 Å². The SMILES string of the molecule is COc1ccc2c(c1)/C(=C\c1cccc(/C=C3/C(=O)Nc4ccc(OC)cc43)n1)C(=O)C2. The summed E-state index contributed by atoms with van der Waals surface area (Å²) in [7, 11) is 3.19. The first-order valence-electron chi connectivity index (χ1n) is 10.2. The van der Waals surface area contributed by atoms with Crippen LogP contribution in [0.5, 0.6) is 11.5 Å². The van der Waals surface area contributed by atoms with Crippen LogP contribution in [0.3, 0.4) is 0 Å². The van der Waals surface area contributed by atoms with E-state index >= 15 is 0 Å². The molecule has 0 saturated heterocycles. The highest BCUT2D eigenvalue weighted by molar-refractivity contribution is 6.35. The predicted molar refractivity (Wildman–Crippen MR) is 123 cm³/mol. The Morgan fingerprint density at radius 2 is 1.50 bits per heavy atom. The predicted octanol–water partition coefficient (Wildman–Crippen LogP) is 4.26. The third-order valence-electron chi connectivity index (χ3n) is 5.64. The van der Waals surface area contributed by atoms with Gasteiger partial charge in [-0.05, 0) is 65.7 Å². The molecule has 158 valence electrons. The van der Waals surface area contributed by atoms with Crippen LogP contribution < -0.4 is 14.8 Å². The highest BCUT2D eigenvalue weighted by atomic mass is 16.5. The van der Waals surface area contributed by atoms with Gasteiger partial charge in [-0.1, -0.05) is 12.1 Å². The fourth-order valence-electron chi connectivity index (χ4n) is 4.03. The molecule has 0 spiro atoms. The first kappa shape index (κ1) is 19.8. The fourth-order valence-corrected chi connectivity index (χ4v) is 4.03. The van der Waals surface area contributed by atoms with E-state index in [0.717, 1.165) is 22.4 Å². The van der Waals surface area contributed by atoms with Crippen LogP contribution >= 0.6 is 0 Å². The smallest absolute Gasteiger partial charge is 0.256 e. The van der Waals surface area contributed by atoms with Crippen LogP contribution in [-0.4, -0.2) is 30.9 Å². The molecule has 2 aliphatic rings. The summed E-state index contributed by atoms with van der Waals surface area (Å²) in [6.07, 6.45) is 3.91. The average molecular weight is 424 g/mol. The van der Waals surface area contributed by atoms with E-state index in [1.807, 2.05) is 48.5 Å². The van der Waals surface area contributed by atoms with Crippen molar-refractivity contribution in [3.63, 3.8) is 0 Å². The largest absolute Gasteiger partial charge is 0.497 e. The Morgan fingerprint density at radius 3 is 2.22 bits per heavy atom. The maximum Gasteiger partial charge on any atom is 0.256 e. The van der Waals surface area contributed by atoms with Gasteiger partial charge in [0.2, 0.25) is 0 Å². The molecule has 0 unspecified atom stereocenters. The second-order valence-electron chi connectivity index (χ2n) is 7.59. The minimum Gasteiger partial charge on any atom is -0.497 e. The number of ether oxygens (including phenoxy) is 2. The first-order chi connectivity index (χ1) is 15.6. The highest BCUT2D eigenvalue weighted by Crippen LogP contribution is 2.36. The molecule has 2 heterocycles. The number of pyridine rings is 1. The van der Waals surface area contributed by atoms with E-state index in [2.05, 4.69) is 10.3 Å². The number of carbonyl (C=O) groups is 2. The summed E-state index contributed by atoms with van der Waals surface area (Å²) in [4.78, 5) is 29.8. The molecule has 0 fully saturated rings. The van der Waals surface area contributed by atoms with Gasteiger partial charge in [0.15, 0.2) is 5.78 Å². The number of ketones is 1. The fraction of sp³-hybridized carbons (Fsp3) is 0.115. The lowest BCUT2D eigenvalue weighted by molar-refractivity contribution is -0.113. The van der Waals surface area contributed by atoms with Gasteiger partial charge in [0.1, 0.15) is 11.5 Å². The number of anilines is 1. The highest BCUT2D eigenvalue weighted by Gasteiger charge is 2.26. The number of Topliss-reactive ketones (excluding diaryl/α,β-unsaturated/α-hetero) is 1. The quantitative estimate of drug-likeness (QED) is 0.634. The van der Waals surface area contributed by atoms with E-state index in [9.17, 15) is 9.59 Å². The zero-order valence-electron chi connectivity index (χ0n) is 17.6. The van der Waals surface area contributed by atoms with Crippen molar-refractivity contribution in [3.8, 4) is 11.5 Å². The van der Waals surface area contributed by atoms with Crippen LogP contribution in [0.2, 0.25) is 0 Å². The summed E-state index contributed by atoms with van der Waals surface area (Å²) < 4.78 is 10.6. The molecule has 1 amide bonds. The maximum absolute atomic E-state index is 12.6. The number of fused-ring (bicyclic) bond motifs is 2. The van der Waals surface area contributed by atoms with Crippen LogP contribution in [0.25, 0.3) is 23.3 Å². The molecule has 1 aliphatic carbocycles. The van der Waals surface area contributed by atoms with Crippen LogP contribution in [0.1, 0.15) is 28.1 Å². The molecule has 32 heavy (non-hydrogen) atoms. The minimum absolute atomic E-state index is 0.0509. The molecular weight excluding hydrogens is 404 g/mol. The molecule has 0 atom stereocenters. The number of carbonyl (C=O) groups excluding carboxylic acids is 2. The molecule has 1 aromatic heterocycles. The van der Waals surface area contributed by atoms with Crippen molar-refractivity contribution in [2.45, 2.75) is 6.42 Å². The van der Waals surface area contributed by atoms with Crippen LogP contribution in [-0.2, 0) is 16.0 Å². The Hall–Kier alpha value is -4.19. The van der Waals surface area contributed by atoms with E-state index in [-0.39, 0.29) is 11.7 Å². The summed E-state index contributed by atoms with van der Waals surface area (Å²) >= 11 is 0. The number of amides is 1. The van der Waals surface area contributed by atoms with E-state index in [1.165, 1.54) is 0 Å². The van der Waals surface area contributed by atoms with Gasteiger partial charge in [0.25, 0.3) is 5.91 Å². The number of aromatic nitrogens is 1. The van der Waals surface area contributed by atoms with Gasteiger partial charge in [0.05, 0.1) is 31.2 Å². The van der Waals surface area contributed by atoms with Crippen molar-refractivity contribution in [2.75, 3.05) is 19.5 Å². The van der Waals surface area contributed by atoms with Crippen LogP contribution in [0.4, 0.5) is 5.69 Å². The third-order valence-corrected chi connectivity index (χ3v) is 5.64. The lowest BCUT2D eigenvalue weighted by Crippen LogP contribution is -2.03. The van der Waals surface area contributed by atoms with E-state index in [4.69, 9.17) is 9.47 Å². The summed E-state index contributed by atoms with van der Waals surface area (Å²) in [5.74, 6) is 1.24. The molecule has 1 aliphatic heterocycles. The molecular formula is C26H20N2O4. The summed E-state index contributed by atoms with van der Waals surface area (Å²) in [5.41, 5.74) is 5.76.